The number of carbonyl (C=O) groups is 2. The molecule has 0 radical (unpaired) electrons. The van der Waals surface area contributed by atoms with Gasteiger partial charge in [0.1, 0.15) is 0 Å². The fraction of sp³-hybridized carbons (Fsp3) is 0.391. The molecule has 2 aliphatic heterocycles. The molecule has 0 unspecified atom stereocenters. The summed E-state index contributed by atoms with van der Waals surface area (Å²) in [5.74, 6) is 1.27. The minimum absolute atomic E-state index is 0.0328. The van der Waals surface area contributed by atoms with Gasteiger partial charge in [-0.25, -0.2) is 0 Å². The van der Waals surface area contributed by atoms with E-state index in [1.54, 1.807) is 19.1 Å². The van der Waals surface area contributed by atoms with E-state index in [2.05, 4.69) is 0 Å². The highest BCUT2D eigenvalue weighted by Crippen LogP contribution is 2.37. The molecule has 2 aromatic carbocycles. The number of methoxy groups -OCH3 is 2. The number of amides is 2. The van der Waals surface area contributed by atoms with Crippen molar-refractivity contribution in [3.05, 3.63) is 59.2 Å². The van der Waals surface area contributed by atoms with Gasteiger partial charge in [0.15, 0.2) is 11.5 Å². The second kappa shape index (κ2) is 8.15. The van der Waals surface area contributed by atoms with E-state index in [9.17, 15) is 9.59 Å². The third-order valence-corrected chi connectivity index (χ3v) is 5.84. The van der Waals surface area contributed by atoms with E-state index >= 15 is 0 Å². The average Bonchev–Trinajstić information content (AvgIpc) is 3.40. The van der Waals surface area contributed by atoms with Gasteiger partial charge >= 0.3 is 0 Å². The Morgan fingerprint density at radius 1 is 1.03 bits per heavy atom. The Hall–Kier alpha value is -3.02. The summed E-state index contributed by atoms with van der Waals surface area (Å²) in [6.07, 6.45) is 2.34. The first-order chi connectivity index (χ1) is 14.1. The molecule has 2 aromatic rings. The molecule has 29 heavy (non-hydrogen) atoms. The van der Waals surface area contributed by atoms with Gasteiger partial charge in [-0.2, -0.15) is 0 Å². The first kappa shape index (κ1) is 19.3. The van der Waals surface area contributed by atoms with Crippen molar-refractivity contribution in [3.63, 3.8) is 0 Å². The molecule has 2 heterocycles. The van der Waals surface area contributed by atoms with Crippen LogP contribution in [0.5, 0.6) is 11.5 Å². The normalized spacial score (nSPS) is 16.7. The van der Waals surface area contributed by atoms with Gasteiger partial charge in [0, 0.05) is 25.2 Å². The van der Waals surface area contributed by atoms with Gasteiger partial charge in [-0.1, -0.05) is 24.3 Å². The molecule has 152 valence electrons. The van der Waals surface area contributed by atoms with Crippen LogP contribution >= 0.6 is 0 Å². The van der Waals surface area contributed by atoms with Crippen LogP contribution in [0, 0.1) is 0 Å². The standard InChI is InChI=1S/C23H26N2O4/c1-28-20-10-9-16(13-21(20)29-2)19(14-22(26)24-11-5-6-12-24)25-15-17-7-3-4-8-18(17)23(25)27/h3-4,7-10,13,19H,5-6,11-12,14-15H2,1-2H3/t19-/m0/s1. The highest BCUT2D eigenvalue weighted by Gasteiger charge is 2.35. The molecule has 0 N–H and O–H groups in total. The van der Waals surface area contributed by atoms with E-state index in [0.29, 0.717) is 23.6 Å². The zero-order valence-corrected chi connectivity index (χ0v) is 16.9. The number of ether oxygens (including phenoxy) is 2. The van der Waals surface area contributed by atoms with Crippen molar-refractivity contribution in [1.82, 2.24) is 9.80 Å². The fourth-order valence-electron chi connectivity index (χ4n) is 4.26. The number of carbonyl (C=O) groups excluding carboxylic acids is 2. The highest BCUT2D eigenvalue weighted by molar-refractivity contribution is 5.98. The number of likely N-dealkylation sites (tertiary alicyclic amines) is 1. The number of benzene rings is 2. The smallest absolute Gasteiger partial charge is 0.255 e. The minimum Gasteiger partial charge on any atom is -0.493 e. The van der Waals surface area contributed by atoms with E-state index < -0.39 is 0 Å². The van der Waals surface area contributed by atoms with Crippen molar-refractivity contribution in [2.45, 2.75) is 31.8 Å². The number of fused-ring (bicyclic) bond motifs is 1. The van der Waals surface area contributed by atoms with Crippen molar-refractivity contribution >= 4 is 11.8 Å². The monoisotopic (exact) mass is 394 g/mol. The Morgan fingerprint density at radius 3 is 2.45 bits per heavy atom. The second-order valence-corrected chi connectivity index (χ2v) is 7.51. The molecule has 0 aromatic heterocycles. The molecule has 2 aliphatic rings. The van der Waals surface area contributed by atoms with Crippen LogP contribution in [-0.4, -0.2) is 48.9 Å². The molecule has 1 fully saturated rings. The molecule has 0 spiro atoms. The van der Waals surface area contributed by atoms with Crippen molar-refractivity contribution < 1.29 is 19.1 Å². The Balaban J connectivity index is 1.68. The van der Waals surface area contributed by atoms with E-state index in [1.165, 1.54) is 0 Å². The molecule has 6 heteroatoms. The summed E-state index contributed by atoms with van der Waals surface area (Å²) >= 11 is 0. The Morgan fingerprint density at radius 2 is 1.76 bits per heavy atom. The number of rotatable bonds is 6. The van der Waals surface area contributed by atoms with Crippen LogP contribution in [0.1, 0.15) is 46.8 Å². The van der Waals surface area contributed by atoms with Gasteiger partial charge in [-0.3, -0.25) is 9.59 Å². The maximum Gasteiger partial charge on any atom is 0.255 e. The molecule has 1 atom stereocenters. The zero-order chi connectivity index (χ0) is 20.4. The van der Waals surface area contributed by atoms with Gasteiger partial charge in [0.2, 0.25) is 5.91 Å². The molecule has 4 rings (SSSR count). The van der Waals surface area contributed by atoms with Crippen LogP contribution in [0.15, 0.2) is 42.5 Å². The van der Waals surface area contributed by atoms with Crippen molar-refractivity contribution in [1.29, 1.82) is 0 Å². The van der Waals surface area contributed by atoms with Gasteiger partial charge in [-0.15, -0.1) is 0 Å². The van der Waals surface area contributed by atoms with Crippen LogP contribution in [0.4, 0.5) is 0 Å². The van der Waals surface area contributed by atoms with Crippen LogP contribution < -0.4 is 9.47 Å². The number of hydrogen-bond acceptors (Lipinski definition) is 4. The van der Waals surface area contributed by atoms with Gasteiger partial charge in [-0.05, 0) is 42.2 Å². The molecule has 0 saturated carbocycles. The van der Waals surface area contributed by atoms with Crippen molar-refractivity contribution in [2.75, 3.05) is 27.3 Å². The fourth-order valence-corrected chi connectivity index (χ4v) is 4.26. The Labute approximate surface area is 171 Å². The molecule has 0 aliphatic carbocycles. The summed E-state index contributed by atoms with van der Waals surface area (Å²) in [6, 6.07) is 12.9. The Bertz CT molecular complexity index is 921. The SMILES string of the molecule is COc1ccc([C@H](CC(=O)N2CCCC2)N2Cc3ccccc3C2=O)cc1OC. The first-order valence-electron chi connectivity index (χ1n) is 10.0. The minimum atomic E-state index is -0.359. The molecule has 1 saturated heterocycles. The lowest BCUT2D eigenvalue weighted by Gasteiger charge is -2.30. The second-order valence-electron chi connectivity index (χ2n) is 7.51. The summed E-state index contributed by atoms with van der Waals surface area (Å²) in [6.45, 7) is 2.10. The van der Waals surface area contributed by atoms with Gasteiger partial charge in [0.05, 0.1) is 26.7 Å². The lowest BCUT2D eigenvalue weighted by molar-refractivity contribution is -0.131. The molecule has 0 bridgehead atoms. The van der Waals surface area contributed by atoms with E-state index in [1.807, 2.05) is 47.4 Å². The van der Waals surface area contributed by atoms with Crippen LogP contribution in [0.25, 0.3) is 0 Å². The van der Waals surface area contributed by atoms with E-state index in [4.69, 9.17) is 9.47 Å². The predicted molar refractivity (Wildman–Crippen MR) is 109 cm³/mol. The van der Waals surface area contributed by atoms with E-state index in [-0.39, 0.29) is 24.3 Å². The molecule has 2 amide bonds. The third-order valence-electron chi connectivity index (χ3n) is 5.84. The lowest BCUT2D eigenvalue weighted by atomic mass is 10.0. The Kier molecular flexibility index (Phi) is 5.43. The topological polar surface area (TPSA) is 59.1 Å². The summed E-state index contributed by atoms with van der Waals surface area (Å²) in [7, 11) is 3.18. The van der Waals surface area contributed by atoms with Crippen LogP contribution in [-0.2, 0) is 11.3 Å². The van der Waals surface area contributed by atoms with Crippen molar-refractivity contribution in [3.8, 4) is 11.5 Å². The summed E-state index contributed by atoms with van der Waals surface area (Å²) in [4.78, 5) is 29.8. The maximum atomic E-state index is 13.1. The lowest BCUT2D eigenvalue weighted by Crippen LogP contribution is -2.35. The maximum absolute atomic E-state index is 13.1. The van der Waals surface area contributed by atoms with Crippen LogP contribution in [0.2, 0.25) is 0 Å². The van der Waals surface area contributed by atoms with Gasteiger partial charge in [0.25, 0.3) is 5.91 Å². The van der Waals surface area contributed by atoms with Gasteiger partial charge < -0.3 is 19.3 Å². The molecular weight excluding hydrogens is 368 g/mol. The first-order valence-corrected chi connectivity index (χ1v) is 10.0. The molecule has 6 nitrogen and oxygen atoms in total. The predicted octanol–water partition coefficient (Wildman–Crippen LogP) is 3.41. The summed E-state index contributed by atoms with van der Waals surface area (Å²) < 4.78 is 10.8. The van der Waals surface area contributed by atoms with Crippen LogP contribution in [0.3, 0.4) is 0 Å². The summed E-state index contributed by atoms with van der Waals surface area (Å²) in [5, 5.41) is 0. The zero-order valence-electron chi connectivity index (χ0n) is 16.9. The highest BCUT2D eigenvalue weighted by atomic mass is 16.5. The quantitative estimate of drug-likeness (QED) is 0.753. The van der Waals surface area contributed by atoms with E-state index in [0.717, 1.165) is 37.1 Å². The molecular formula is C23H26N2O4. The number of hydrogen-bond donors (Lipinski definition) is 0. The largest absolute Gasteiger partial charge is 0.493 e. The van der Waals surface area contributed by atoms with Crippen molar-refractivity contribution in [2.24, 2.45) is 0 Å². The summed E-state index contributed by atoms with van der Waals surface area (Å²) in [5.41, 5.74) is 2.58. The average molecular weight is 394 g/mol. The number of nitrogens with zero attached hydrogens (tertiary/aromatic N) is 2. The third kappa shape index (κ3) is 3.67.